The fraction of sp³-hybridized carbons (Fsp3) is 0.143. The molecule has 1 atom stereocenters. The summed E-state index contributed by atoms with van der Waals surface area (Å²) in [5.74, 6) is -1.16. The van der Waals surface area contributed by atoms with Crippen LogP contribution in [0.15, 0.2) is 30.3 Å². The number of carbonyl (C=O) groups is 2. The van der Waals surface area contributed by atoms with Crippen molar-refractivity contribution in [3.05, 3.63) is 35.2 Å². The van der Waals surface area contributed by atoms with E-state index in [0.29, 0.717) is 4.88 Å². The Balaban J connectivity index is 1.97. The fourth-order valence-electron chi connectivity index (χ4n) is 1.88. The molecule has 3 rings (SSSR count). The molecule has 102 valence electrons. The minimum absolute atomic E-state index is 0.491. The summed E-state index contributed by atoms with van der Waals surface area (Å²) < 4.78 is 8.33. The Bertz CT molecular complexity index is 818. The maximum absolute atomic E-state index is 11.9. The van der Waals surface area contributed by atoms with Gasteiger partial charge in [-0.25, -0.2) is 4.79 Å². The molecular formula is C14H11NO3S2. The average molecular weight is 305 g/mol. The third kappa shape index (κ3) is 2.17. The summed E-state index contributed by atoms with van der Waals surface area (Å²) in [5.41, 5.74) is 5.08. The maximum Gasteiger partial charge on any atom is 0.349 e. The molecule has 2 aromatic heterocycles. The van der Waals surface area contributed by atoms with Crippen LogP contribution in [0.25, 0.3) is 19.5 Å². The van der Waals surface area contributed by atoms with Crippen molar-refractivity contribution in [2.24, 2.45) is 5.73 Å². The van der Waals surface area contributed by atoms with Crippen LogP contribution >= 0.6 is 22.7 Å². The lowest BCUT2D eigenvalue weighted by Crippen LogP contribution is -2.30. The molecule has 0 radical (unpaired) electrons. The van der Waals surface area contributed by atoms with Gasteiger partial charge in [-0.1, -0.05) is 18.2 Å². The molecule has 0 aliphatic heterocycles. The van der Waals surface area contributed by atoms with Crippen molar-refractivity contribution in [3.8, 4) is 0 Å². The van der Waals surface area contributed by atoms with E-state index in [-0.39, 0.29) is 0 Å². The van der Waals surface area contributed by atoms with E-state index in [1.165, 1.54) is 23.0 Å². The van der Waals surface area contributed by atoms with Crippen LogP contribution in [0.1, 0.15) is 16.6 Å². The summed E-state index contributed by atoms with van der Waals surface area (Å²) in [5, 5.41) is 1.14. The van der Waals surface area contributed by atoms with E-state index in [4.69, 9.17) is 10.5 Å². The molecule has 0 saturated heterocycles. The molecule has 0 aliphatic carbocycles. The van der Waals surface area contributed by atoms with Gasteiger partial charge in [-0.3, -0.25) is 4.79 Å². The highest BCUT2D eigenvalue weighted by Gasteiger charge is 2.19. The van der Waals surface area contributed by atoms with Crippen molar-refractivity contribution in [2.75, 3.05) is 0 Å². The minimum Gasteiger partial charge on any atom is -0.448 e. The summed E-state index contributed by atoms with van der Waals surface area (Å²) in [4.78, 5) is 23.4. The van der Waals surface area contributed by atoms with Gasteiger partial charge in [-0.05, 0) is 19.1 Å². The molecule has 1 amide bonds. The normalized spacial score (nSPS) is 12.7. The number of carbonyl (C=O) groups excluding carboxylic acids is 2. The zero-order valence-corrected chi connectivity index (χ0v) is 12.2. The molecule has 0 unspecified atom stereocenters. The van der Waals surface area contributed by atoms with Gasteiger partial charge in [0.25, 0.3) is 5.91 Å². The van der Waals surface area contributed by atoms with E-state index >= 15 is 0 Å². The molecule has 4 nitrogen and oxygen atoms in total. The number of hydrogen-bond acceptors (Lipinski definition) is 5. The average Bonchev–Trinajstić information content (AvgIpc) is 2.95. The minimum atomic E-state index is -0.917. The summed E-state index contributed by atoms with van der Waals surface area (Å²) >= 11 is 3.02. The second kappa shape index (κ2) is 4.88. The number of fused-ring (bicyclic) bond motifs is 3. The number of thiophene rings is 2. The van der Waals surface area contributed by atoms with Gasteiger partial charge in [0, 0.05) is 14.8 Å². The van der Waals surface area contributed by atoms with Gasteiger partial charge in [0.05, 0.1) is 4.70 Å². The standard InChI is InChI=1S/C14H11NO3S2/c1-7(13(15)16)18-14(17)11-6-10-12(20-11)8-4-2-3-5-9(8)19-10/h2-7H,1H3,(H2,15,16)/t7-/m1/s1. The Morgan fingerprint density at radius 2 is 1.95 bits per heavy atom. The van der Waals surface area contributed by atoms with E-state index in [1.54, 1.807) is 17.4 Å². The zero-order chi connectivity index (χ0) is 14.3. The van der Waals surface area contributed by atoms with Crippen LogP contribution in [0.2, 0.25) is 0 Å². The first kappa shape index (κ1) is 13.1. The van der Waals surface area contributed by atoms with Crippen molar-refractivity contribution in [1.82, 2.24) is 0 Å². The molecule has 20 heavy (non-hydrogen) atoms. The number of nitrogens with two attached hydrogens (primary N) is 1. The Hall–Kier alpha value is -1.92. The van der Waals surface area contributed by atoms with Crippen molar-refractivity contribution in [1.29, 1.82) is 0 Å². The molecule has 0 saturated carbocycles. The largest absolute Gasteiger partial charge is 0.448 e. The lowest BCUT2D eigenvalue weighted by Gasteiger charge is -2.07. The lowest BCUT2D eigenvalue weighted by atomic mass is 10.2. The molecule has 0 fully saturated rings. The monoisotopic (exact) mass is 305 g/mol. The topological polar surface area (TPSA) is 69.4 Å². The summed E-state index contributed by atoms with van der Waals surface area (Å²) in [6.45, 7) is 1.46. The number of hydrogen-bond donors (Lipinski definition) is 1. The predicted octanol–water partition coefficient (Wildman–Crippen LogP) is 3.15. The number of amides is 1. The highest BCUT2D eigenvalue weighted by atomic mass is 32.1. The SMILES string of the molecule is C[C@@H](OC(=O)c1cc2sc3ccccc3c2s1)C(N)=O. The number of esters is 1. The smallest absolute Gasteiger partial charge is 0.349 e. The van der Waals surface area contributed by atoms with Crippen molar-refractivity contribution < 1.29 is 14.3 Å². The predicted molar refractivity (Wildman–Crippen MR) is 81.3 cm³/mol. The lowest BCUT2D eigenvalue weighted by molar-refractivity contribution is -0.125. The van der Waals surface area contributed by atoms with Crippen molar-refractivity contribution >= 4 is 54.0 Å². The first-order valence-corrected chi connectivity index (χ1v) is 7.61. The van der Waals surface area contributed by atoms with E-state index < -0.39 is 18.0 Å². The molecule has 0 bridgehead atoms. The summed E-state index contributed by atoms with van der Waals surface area (Å²) in [6, 6.07) is 9.86. The van der Waals surface area contributed by atoms with Crippen LogP contribution in [0, 0.1) is 0 Å². The first-order valence-electron chi connectivity index (χ1n) is 5.97. The Kier molecular flexibility index (Phi) is 3.19. The van der Waals surface area contributed by atoms with Gasteiger partial charge in [-0.2, -0.15) is 0 Å². The molecule has 0 spiro atoms. The Morgan fingerprint density at radius 1 is 1.20 bits per heavy atom. The molecule has 2 N–H and O–H groups in total. The van der Waals surface area contributed by atoms with E-state index in [2.05, 4.69) is 6.07 Å². The quantitative estimate of drug-likeness (QED) is 0.756. The molecule has 6 heteroatoms. The Morgan fingerprint density at radius 3 is 2.70 bits per heavy atom. The van der Waals surface area contributed by atoms with Crippen LogP contribution in [0.5, 0.6) is 0 Å². The third-order valence-electron chi connectivity index (χ3n) is 2.94. The van der Waals surface area contributed by atoms with Crippen molar-refractivity contribution in [2.45, 2.75) is 13.0 Å². The second-order valence-electron chi connectivity index (χ2n) is 4.35. The fourth-order valence-corrected chi connectivity index (χ4v) is 4.28. The van der Waals surface area contributed by atoms with Crippen LogP contribution in [0.3, 0.4) is 0 Å². The second-order valence-corrected chi connectivity index (χ2v) is 6.49. The number of rotatable bonds is 3. The molecule has 0 aliphatic rings. The molecule has 3 aromatic rings. The summed E-state index contributed by atoms with van der Waals surface area (Å²) in [6.07, 6.45) is -0.917. The van der Waals surface area contributed by atoms with Crippen LogP contribution in [0.4, 0.5) is 0 Å². The van der Waals surface area contributed by atoms with Gasteiger partial charge in [0.2, 0.25) is 0 Å². The van der Waals surface area contributed by atoms with Crippen molar-refractivity contribution in [3.63, 3.8) is 0 Å². The van der Waals surface area contributed by atoms with E-state index in [9.17, 15) is 9.59 Å². The maximum atomic E-state index is 11.9. The van der Waals surface area contributed by atoms with Gasteiger partial charge in [0.1, 0.15) is 4.88 Å². The highest BCUT2D eigenvalue weighted by Crippen LogP contribution is 2.39. The Labute approximate surface area is 122 Å². The summed E-state index contributed by atoms with van der Waals surface area (Å²) in [7, 11) is 0. The highest BCUT2D eigenvalue weighted by molar-refractivity contribution is 7.33. The van der Waals surface area contributed by atoms with Gasteiger partial charge < -0.3 is 10.5 Å². The van der Waals surface area contributed by atoms with Gasteiger partial charge >= 0.3 is 5.97 Å². The van der Waals surface area contributed by atoms with E-state index in [1.807, 2.05) is 18.2 Å². The molecule has 2 heterocycles. The van der Waals surface area contributed by atoms with Crippen LogP contribution in [-0.4, -0.2) is 18.0 Å². The van der Waals surface area contributed by atoms with Gasteiger partial charge in [0.15, 0.2) is 6.10 Å². The number of benzene rings is 1. The zero-order valence-electron chi connectivity index (χ0n) is 10.6. The molecule has 1 aromatic carbocycles. The molecular weight excluding hydrogens is 294 g/mol. The first-order chi connectivity index (χ1) is 9.56. The van der Waals surface area contributed by atoms with Crippen LogP contribution in [-0.2, 0) is 9.53 Å². The van der Waals surface area contributed by atoms with Crippen LogP contribution < -0.4 is 5.73 Å². The third-order valence-corrected chi connectivity index (χ3v) is 5.33. The number of primary amides is 1. The van der Waals surface area contributed by atoms with Gasteiger partial charge in [-0.15, -0.1) is 22.7 Å². The van der Waals surface area contributed by atoms with E-state index in [0.717, 1.165) is 14.8 Å². The number of ether oxygens (including phenoxy) is 1.